The summed E-state index contributed by atoms with van der Waals surface area (Å²) >= 11 is 0. The molecule has 9 rings (SSSR count). The summed E-state index contributed by atoms with van der Waals surface area (Å²) in [5.41, 5.74) is 4.61. The van der Waals surface area contributed by atoms with Crippen molar-refractivity contribution < 1.29 is 37.6 Å². The highest BCUT2D eigenvalue weighted by atomic mass is 31.2. The molecule has 0 bridgehead atoms. The minimum Gasteiger partial charge on any atom is -0.479 e. The van der Waals surface area contributed by atoms with Gasteiger partial charge in [-0.15, -0.1) is 0 Å². The zero-order valence-electron chi connectivity index (χ0n) is 36.6. The summed E-state index contributed by atoms with van der Waals surface area (Å²) in [5, 5.41) is 15.6. The van der Waals surface area contributed by atoms with Crippen molar-refractivity contribution in [3.63, 3.8) is 0 Å². The molecule has 2 aliphatic heterocycles. The van der Waals surface area contributed by atoms with Crippen LogP contribution < -0.4 is 13.8 Å². The van der Waals surface area contributed by atoms with Crippen molar-refractivity contribution in [1.82, 2.24) is 19.5 Å². The standard InChI is InChI=1S/C51H52BN4O8P/c1-51(2)61-48-46(31-37-17-8-4-9-18-37)54(34-39-21-16-26-44(30-39)60-36-65(59,63-42-22-12-6-13-23-42)64-43-24-14-7-15-25-43)50(57)55(47(49(48)62-51)32-38-19-10-5-11-20-38)35-40-27-28-45-41(29-40)33-53-56(45)52(3)58/h4-30,33,46-49,58H,31-32,34-36H2,1-3H3/t46-,47-,48+,49+/m1/s1. The zero-order chi connectivity index (χ0) is 45.0. The van der Waals surface area contributed by atoms with Gasteiger partial charge in [-0.3, -0.25) is 4.59 Å². The average molecular weight is 891 g/mol. The Morgan fingerprint density at radius 1 is 0.646 bits per heavy atom. The third kappa shape index (κ3) is 10.3. The van der Waals surface area contributed by atoms with Gasteiger partial charge in [-0.05, 0) is 104 Å². The summed E-state index contributed by atoms with van der Waals surface area (Å²) in [6, 6.07) is 50.5. The monoisotopic (exact) mass is 890 g/mol. The first-order valence-electron chi connectivity index (χ1n) is 21.9. The Bertz CT molecular complexity index is 2700. The Labute approximate surface area is 379 Å². The fraction of sp³-hybridized carbons (Fsp3) is 0.255. The molecule has 0 spiro atoms. The zero-order valence-corrected chi connectivity index (χ0v) is 37.5. The Morgan fingerprint density at radius 2 is 1.12 bits per heavy atom. The smallest absolute Gasteiger partial charge is 0.468 e. The second-order valence-electron chi connectivity index (χ2n) is 17.1. The SMILES string of the molecule is CB(O)n1ncc2cc(CN3C(=O)N(Cc4cccc(OCP(=O)(Oc5ccccc5)Oc5ccccc5)c4)[C@H](Cc4ccccc4)[C@@H]4OC(C)(C)O[C@H]4[C@H]3Cc3ccccc3)ccc21. The maximum Gasteiger partial charge on any atom is 0.468 e. The first kappa shape index (κ1) is 43.9. The van der Waals surface area contributed by atoms with Crippen LogP contribution in [0.25, 0.3) is 10.9 Å². The van der Waals surface area contributed by atoms with Crippen molar-refractivity contribution in [3.8, 4) is 17.2 Å². The molecule has 332 valence electrons. The number of carbonyl (C=O) groups excluding carboxylic acids is 1. The summed E-state index contributed by atoms with van der Waals surface area (Å²) < 4.78 is 48.0. The van der Waals surface area contributed by atoms with Crippen LogP contribution in [0.2, 0.25) is 6.82 Å². The van der Waals surface area contributed by atoms with Crippen LogP contribution in [-0.2, 0) is 40.0 Å². The van der Waals surface area contributed by atoms with Crippen molar-refractivity contribution in [2.24, 2.45) is 0 Å². The molecule has 12 nitrogen and oxygen atoms in total. The molecule has 2 amide bonds. The quantitative estimate of drug-likeness (QED) is 0.0746. The number of aromatic nitrogens is 2. The van der Waals surface area contributed by atoms with E-state index in [0.717, 1.165) is 33.2 Å². The topological polar surface area (TPSA) is 125 Å². The highest BCUT2D eigenvalue weighted by Gasteiger charge is 2.55. The summed E-state index contributed by atoms with van der Waals surface area (Å²) in [6.45, 7) is 6.03. The van der Waals surface area contributed by atoms with E-state index >= 15 is 4.79 Å². The van der Waals surface area contributed by atoms with Gasteiger partial charge in [-0.2, -0.15) is 5.10 Å². The molecule has 2 fully saturated rings. The van der Waals surface area contributed by atoms with Gasteiger partial charge in [0.25, 0.3) is 0 Å². The fourth-order valence-corrected chi connectivity index (χ4v) is 10.2. The van der Waals surface area contributed by atoms with E-state index < -0.39 is 44.7 Å². The number of carbonyl (C=O) groups is 1. The first-order valence-corrected chi connectivity index (χ1v) is 23.7. The van der Waals surface area contributed by atoms with Crippen molar-refractivity contribution >= 4 is 31.6 Å². The van der Waals surface area contributed by atoms with Gasteiger partial charge in [0, 0.05) is 18.5 Å². The van der Waals surface area contributed by atoms with Crippen LogP contribution >= 0.6 is 7.60 Å². The van der Waals surface area contributed by atoms with Crippen LogP contribution in [0.3, 0.4) is 0 Å². The number of urea groups is 1. The number of amides is 2. The predicted molar refractivity (Wildman–Crippen MR) is 251 cm³/mol. The number of nitrogens with zero attached hydrogens (tertiary/aromatic N) is 4. The molecule has 0 saturated carbocycles. The molecular weight excluding hydrogens is 838 g/mol. The highest BCUT2D eigenvalue weighted by molar-refractivity contribution is 7.54. The number of rotatable bonds is 16. The third-order valence-corrected chi connectivity index (χ3v) is 13.2. The van der Waals surface area contributed by atoms with Gasteiger partial charge >= 0.3 is 20.7 Å². The van der Waals surface area contributed by atoms with E-state index in [9.17, 15) is 9.59 Å². The molecule has 0 radical (unpaired) electrons. The molecule has 6 aromatic carbocycles. The minimum atomic E-state index is -3.91. The van der Waals surface area contributed by atoms with Gasteiger partial charge in [0.2, 0.25) is 6.35 Å². The van der Waals surface area contributed by atoms with Gasteiger partial charge in [0.05, 0.1) is 23.8 Å². The number of fused-ring (bicyclic) bond motifs is 2. The summed E-state index contributed by atoms with van der Waals surface area (Å²) in [4.78, 5) is 19.6. The van der Waals surface area contributed by atoms with Crippen LogP contribution in [0, 0.1) is 0 Å². The van der Waals surface area contributed by atoms with Crippen molar-refractivity contribution in [2.45, 2.75) is 76.7 Å². The molecule has 3 heterocycles. The maximum atomic E-state index is 15.8. The molecule has 65 heavy (non-hydrogen) atoms. The van der Waals surface area contributed by atoms with Gasteiger partial charge in [0.15, 0.2) is 5.79 Å². The van der Waals surface area contributed by atoms with E-state index in [2.05, 4.69) is 29.4 Å². The van der Waals surface area contributed by atoms with E-state index in [1.807, 2.05) is 109 Å². The molecule has 2 aliphatic rings. The Hall–Kier alpha value is -6.37. The van der Waals surface area contributed by atoms with Crippen LogP contribution in [0.15, 0.2) is 170 Å². The maximum absolute atomic E-state index is 15.8. The van der Waals surface area contributed by atoms with Crippen LogP contribution in [0.5, 0.6) is 17.2 Å². The summed E-state index contributed by atoms with van der Waals surface area (Å²) in [5.74, 6) is 0.272. The molecule has 7 aromatic rings. The lowest BCUT2D eigenvalue weighted by molar-refractivity contribution is -0.157. The normalized spacial score (nSPS) is 19.4. The second kappa shape index (κ2) is 19.0. The molecule has 2 saturated heterocycles. The van der Waals surface area contributed by atoms with Gasteiger partial charge in [0.1, 0.15) is 29.5 Å². The molecule has 0 unspecified atom stereocenters. The van der Waals surface area contributed by atoms with Crippen molar-refractivity contribution in [1.29, 1.82) is 0 Å². The Kier molecular flexibility index (Phi) is 12.8. The molecule has 1 aromatic heterocycles. The molecule has 1 N–H and O–H groups in total. The largest absolute Gasteiger partial charge is 0.479 e. The second-order valence-corrected chi connectivity index (χ2v) is 18.9. The lowest BCUT2D eigenvalue weighted by Crippen LogP contribution is -2.51. The average Bonchev–Trinajstić information content (AvgIpc) is 3.87. The summed E-state index contributed by atoms with van der Waals surface area (Å²) in [7, 11) is -4.70. The third-order valence-electron chi connectivity index (χ3n) is 11.8. The molecule has 0 aliphatic carbocycles. The Morgan fingerprint density at radius 3 is 1.65 bits per heavy atom. The fourth-order valence-electron chi connectivity index (χ4n) is 8.88. The van der Waals surface area contributed by atoms with E-state index in [1.165, 1.54) is 0 Å². The van der Waals surface area contributed by atoms with Crippen molar-refractivity contribution in [2.75, 3.05) is 6.35 Å². The van der Waals surface area contributed by atoms with Crippen LogP contribution in [0.4, 0.5) is 4.79 Å². The number of benzene rings is 6. The van der Waals surface area contributed by atoms with E-state index in [0.29, 0.717) is 30.1 Å². The molecule has 4 atom stereocenters. The van der Waals surface area contributed by atoms with Crippen LogP contribution in [0.1, 0.15) is 36.1 Å². The van der Waals surface area contributed by atoms with E-state index in [4.69, 9.17) is 23.3 Å². The number of hydrogen-bond donors (Lipinski definition) is 1. The predicted octanol–water partition coefficient (Wildman–Crippen LogP) is 9.86. The lowest BCUT2D eigenvalue weighted by Gasteiger charge is -2.37. The van der Waals surface area contributed by atoms with E-state index in [-0.39, 0.29) is 25.5 Å². The number of para-hydroxylation sites is 2. The summed E-state index contributed by atoms with van der Waals surface area (Å²) in [6.07, 6.45) is 1.40. The molecular formula is C51H52BN4O8P. The first-order chi connectivity index (χ1) is 31.5. The van der Waals surface area contributed by atoms with Gasteiger partial charge < -0.3 is 38.1 Å². The Balaban J connectivity index is 1.08. The van der Waals surface area contributed by atoms with Gasteiger partial charge in [-0.25, -0.2) is 9.36 Å². The van der Waals surface area contributed by atoms with Gasteiger partial charge in [-0.1, -0.05) is 115 Å². The highest BCUT2D eigenvalue weighted by Crippen LogP contribution is 2.49. The molecule has 14 heteroatoms. The van der Waals surface area contributed by atoms with E-state index in [1.54, 1.807) is 72.2 Å². The number of hydrogen-bond acceptors (Lipinski definition) is 9. The van der Waals surface area contributed by atoms with Crippen molar-refractivity contribution in [3.05, 3.63) is 192 Å². The van der Waals surface area contributed by atoms with Crippen LogP contribution in [-0.4, -0.2) is 74.0 Å². The minimum absolute atomic E-state index is 0.172. The lowest BCUT2D eigenvalue weighted by atomic mass is 9.89. The number of ether oxygens (including phenoxy) is 3.